The van der Waals surface area contributed by atoms with Crippen molar-refractivity contribution < 1.29 is 24.2 Å². The van der Waals surface area contributed by atoms with Crippen molar-refractivity contribution in [1.29, 1.82) is 0 Å². The number of rotatable bonds is 9. The smallest absolute Gasteiger partial charge is 0.326 e. The first kappa shape index (κ1) is 31.3. The number of carboxylic acid groups (broad SMARTS) is 1. The Balaban J connectivity index is 1.63. The zero-order valence-electron chi connectivity index (χ0n) is 26.7. The van der Waals surface area contributed by atoms with Gasteiger partial charge in [0.25, 0.3) is 5.91 Å². The lowest BCUT2D eigenvalue weighted by Gasteiger charge is -2.39. The molecule has 1 aromatic carbocycles. The summed E-state index contributed by atoms with van der Waals surface area (Å²) in [6.07, 6.45) is 6.01. The van der Waals surface area contributed by atoms with Gasteiger partial charge in [-0.05, 0) is 54.2 Å². The van der Waals surface area contributed by atoms with Crippen molar-refractivity contribution >= 4 is 17.7 Å². The van der Waals surface area contributed by atoms with Crippen molar-refractivity contribution in [1.82, 2.24) is 15.2 Å². The van der Waals surface area contributed by atoms with Gasteiger partial charge in [-0.2, -0.15) is 0 Å². The molecular formula is C34H48N4O5. The van der Waals surface area contributed by atoms with E-state index in [1.807, 2.05) is 37.2 Å². The summed E-state index contributed by atoms with van der Waals surface area (Å²) in [5.41, 5.74) is 2.86. The first-order valence-corrected chi connectivity index (χ1v) is 15.6. The highest BCUT2D eigenvalue weighted by Gasteiger charge is 2.59. The Morgan fingerprint density at radius 1 is 1.21 bits per heavy atom. The number of hydrogen-bond acceptors (Lipinski definition) is 7. The molecule has 1 aromatic heterocycles. The second kappa shape index (κ2) is 12.1. The van der Waals surface area contributed by atoms with E-state index in [1.54, 1.807) is 18.2 Å². The molecule has 3 fully saturated rings. The van der Waals surface area contributed by atoms with Crippen LogP contribution < -0.4 is 15.0 Å². The summed E-state index contributed by atoms with van der Waals surface area (Å²) in [6.45, 7) is 9.47. The summed E-state index contributed by atoms with van der Waals surface area (Å²) >= 11 is 0. The number of carbonyl (C=O) groups is 2. The summed E-state index contributed by atoms with van der Waals surface area (Å²) in [5.74, 6) is -0.180. The second-order valence-corrected chi connectivity index (χ2v) is 14.0. The summed E-state index contributed by atoms with van der Waals surface area (Å²) in [5, 5.41) is 14.6. The largest absolute Gasteiger partial charge is 0.496 e. The van der Waals surface area contributed by atoms with Crippen LogP contribution in [-0.4, -0.2) is 72.9 Å². The van der Waals surface area contributed by atoms with Crippen LogP contribution >= 0.6 is 0 Å². The highest BCUT2D eigenvalue weighted by atomic mass is 16.5. The number of aliphatic carboxylic acids is 1. The van der Waals surface area contributed by atoms with Crippen LogP contribution in [-0.2, 0) is 26.3 Å². The van der Waals surface area contributed by atoms with Gasteiger partial charge in [0.2, 0.25) is 0 Å². The van der Waals surface area contributed by atoms with Gasteiger partial charge in [-0.15, -0.1) is 0 Å². The van der Waals surface area contributed by atoms with Gasteiger partial charge < -0.3 is 29.7 Å². The van der Waals surface area contributed by atoms with E-state index in [4.69, 9.17) is 9.47 Å². The molecule has 234 valence electrons. The third-order valence-corrected chi connectivity index (χ3v) is 9.90. The van der Waals surface area contributed by atoms with Crippen molar-refractivity contribution in [2.45, 2.75) is 96.0 Å². The van der Waals surface area contributed by atoms with E-state index in [0.29, 0.717) is 25.4 Å². The van der Waals surface area contributed by atoms with E-state index in [0.717, 1.165) is 36.1 Å². The van der Waals surface area contributed by atoms with Crippen LogP contribution in [0.4, 0.5) is 5.82 Å². The Labute approximate surface area is 255 Å². The third kappa shape index (κ3) is 5.86. The number of pyridine rings is 1. The molecule has 0 unspecified atom stereocenters. The van der Waals surface area contributed by atoms with E-state index in [2.05, 4.69) is 50.1 Å². The Morgan fingerprint density at radius 3 is 2.51 bits per heavy atom. The highest BCUT2D eigenvalue weighted by molar-refractivity contribution is 5.88. The SMILES string of the molecule is COc1ccc(C2(C)CCC2)cc1CN[C@H]1[C@H](C(C)(C)C)[C@@H](C(=O)O)N(C(=O)[C@@H]2CCCO2)[C@H]1c1cccnc1N(C)C. The molecule has 0 bridgehead atoms. The molecule has 0 spiro atoms. The molecule has 2 N–H and O–H groups in total. The van der Waals surface area contributed by atoms with E-state index < -0.39 is 35.5 Å². The molecule has 5 atom stereocenters. The van der Waals surface area contributed by atoms with Crippen LogP contribution in [0.2, 0.25) is 0 Å². The van der Waals surface area contributed by atoms with Gasteiger partial charge in [-0.1, -0.05) is 52.3 Å². The van der Waals surface area contributed by atoms with Crippen LogP contribution in [0.1, 0.15) is 82.5 Å². The van der Waals surface area contributed by atoms with Gasteiger partial charge in [-0.3, -0.25) is 4.79 Å². The van der Waals surface area contributed by atoms with Gasteiger partial charge in [0, 0.05) is 56.5 Å². The van der Waals surface area contributed by atoms with Crippen molar-refractivity contribution in [3.8, 4) is 5.75 Å². The number of nitrogens with zero attached hydrogens (tertiary/aromatic N) is 3. The Kier molecular flexibility index (Phi) is 8.78. The number of ether oxygens (including phenoxy) is 2. The maximum absolute atomic E-state index is 14.3. The topological polar surface area (TPSA) is 104 Å². The van der Waals surface area contributed by atoms with Crippen LogP contribution in [0.25, 0.3) is 0 Å². The van der Waals surface area contributed by atoms with Crippen molar-refractivity contribution in [3.05, 3.63) is 53.2 Å². The fourth-order valence-electron chi connectivity index (χ4n) is 7.52. The van der Waals surface area contributed by atoms with E-state index in [9.17, 15) is 14.7 Å². The zero-order valence-corrected chi connectivity index (χ0v) is 26.7. The lowest BCUT2D eigenvalue weighted by molar-refractivity contribution is -0.156. The second-order valence-electron chi connectivity index (χ2n) is 14.0. The summed E-state index contributed by atoms with van der Waals surface area (Å²) in [6, 6.07) is 8.27. The third-order valence-electron chi connectivity index (χ3n) is 9.90. The average Bonchev–Trinajstić information content (AvgIpc) is 3.61. The maximum Gasteiger partial charge on any atom is 0.326 e. The van der Waals surface area contributed by atoms with E-state index in [1.165, 1.54) is 12.0 Å². The van der Waals surface area contributed by atoms with Crippen LogP contribution in [0.5, 0.6) is 5.75 Å². The fraction of sp³-hybridized carbons (Fsp3) is 0.618. The highest BCUT2D eigenvalue weighted by Crippen LogP contribution is 2.50. The number of nitrogens with one attached hydrogen (secondary N) is 1. The van der Waals surface area contributed by atoms with Crippen LogP contribution in [0, 0.1) is 11.3 Å². The van der Waals surface area contributed by atoms with Gasteiger partial charge in [0.15, 0.2) is 0 Å². The number of aromatic nitrogens is 1. The number of likely N-dealkylation sites (tertiary alicyclic amines) is 1. The Morgan fingerprint density at radius 2 is 1.95 bits per heavy atom. The molecule has 5 rings (SSSR count). The molecule has 3 heterocycles. The molecule has 1 aliphatic carbocycles. The minimum Gasteiger partial charge on any atom is -0.496 e. The molecule has 2 saturated heterocycles. The molecule has 1 amide bonds. The first-order valence-electron chi connectivity index (χ1n) is 15.6. The average molecular weight is 593 g/mol. The monoisotopic (exact) mass is 592 g/mol. The normalized spacial score (nSPS) is 26.7. The van der Waals surface area contributed by atoms with E-state index >= 15 is 0 Å². The van der Waals surface area contributed by atoms with Crippen molar-refractivity contribution in [2.75, 3.05) is 32.7 Å². The molecule has 0 radical (unpaired) electrons. The first-order chi connectivity index (χ1) is 20.4. The molecule has 9 nitrogen and oxygen atoms in total. The number of amides is 1. The maximum atomic E-state index is 14.3. The number of benzene rings is 1. The van der Waals surface area contributed by atoms with Crippen LogP contribution in [0.15, 0.2) is 36.5 Å². The van der Waals surface area contributed by atoms with E-state index in [-0.39, 0.29) is 17.4 Å². The summed E-state index contributed by atoms with van der Waals surface area (Å²) in [4.78, 5) is 35.7. The summed E-state index contributed by atoms with van der Waals surface area (Å²) in [7, 11) is 5.52. The predicted molar refractivity (Wildman–Crippen MR) is 166 cm³/mol. The van der Waals surface area contributed by atoms with Gasteiger partial charge in [0.05, 0.1) is 13.2 Å². The van der Waals surface area contributed by atoms with Crippen molar-refractivity contribution in [3.63, 3.8) is 0 Å². The predicted octanol–water partition coefficient (Wildman–Crippen LogP) is 4.93. The molecular weight excluding hydrogens is 544 g/mol. The zero-order chi connectivity index (χ0) is 31.1. The molecule has 2 aromatic rings. The Hall–Kier alpha value is -3.17. The van der Waals surface area contributed by atoms with Gasteiger partial charge in [0.1, 0.15) is 23.7 Å². The standard InChI is InChI=1S/C34H48N4O5/c1-33(2,3)26-27(36-20-21-19-22(13-14-24(21)42-7)34(4)15-10-16-34)28(23-11-8-17-35-30(23)37(5)6)38(29(26)32(40)41)31(39)25-12-9-18-43-25/h8,11,13-14,17,19,25-29,36H,9-10,12,15-16,18,20H2,1-7H3,(H,40,41)/t25-,26-,27-,28-,29-/m0/s1. The number of methoxy groups -OCH3 is 1. The Bertz CT molecular complexity index is 1330. The number of carboxylic acids is 1. The van der Waals surface area contributed by atoms with Gasteiger partial charge in [-0.25, -0.2) is 9.78 Å². The van der Waals surface area contributed by atoms with Crippen LogP contribution in [0.3, 0.4) is 0 Å². The number of anilines is 1. The number of hydrogen-bond donors (Lipinski definition) is 2. The molecule has 1 saturated carbocycles. The fourth-order valence-corrected chi connectivity index (χ4v) is 7.52. The molecule has 2 aliphatic heterocycles. The lowest BCUT2D eigenvalue weighted by atomic mass is 9.66. The lowest BCUT2D eigenvalue weighted by Crippen LogP contribution is -2.50. The molecule has 3 aliphatic rings. The molecule has 9 heteroatoms. The molecule has 43 heavy (non-hydrogen) atoms. The summed E-state index contributed by atoms with van der Waals surface area (Å²) < 4.78 is 11.6. The minimum absolute atomic E-state index is 0.167. The number of carbonyl (C=O) groups excluding carboxylic acids is 1. The van der Waals surface area contributed by atoms with Gasteiger partial charge >= 0.3 is 5.97 Å². The minimum atomic E-state index is -1.04. The quantitative estimate of drug-likeness (QED) is 0.422. The van der Waals surface area contributed by atoms with Crippen molar-refractivity contribution in [2.24, 2.45) is 11.3 Å².